The van der Waals surface area contributed by atoms with Gasteiger partial charge in [-0.2, -0.15) is 0 Å². The molecule has 2 atom stereocenters. The maximum atomic E-state index is 13.3. The number of aliphatic carboxylic acids is 1. The second kappa shape index (κ2) is 12.1. The number of hydrogen-bond donors (Lipinski definition) is 3. The van der Waals surface area contributed by atoms with Crippen molar-refractivity contribution in [1.82, 2.24) is 9.97 Å². The van der Waals surface area contributed by atoms with E-state index in [2.05, 4.69) is 9.97 Å². The fourth-order valence-corrected chi connectivity index (χ4v) is 2.88. The van der Waals surface area contributed by atoms with Crippen LogP contribution >= 0.6 is 0 Å². The van der Waals surface area contributed by atoms with Crippen LogP contribution in [0.3, 0.4) is 0 Å². The second-order valence-electron chi connectivity index (χ2n) is 6.99. The summed E-state index contributed by atoms with van der Waals surface area (Å²) in [6, 6.07) is 5.97. The molecule has 1 aromatic carbocycles. The van der Waals surface area contributed by atoms with Gasteiger partial charge in [-0.3, -0.25) is 4.79 Å². The lowest BCUT2D eigenvalue weighted by Gasteiger charge is -2.16. The third-order valence-electron chi connectivity index (χ3n) is 4.16. The molecule has 7 heteroatoms. The highest BCUT2D eigenvalue weighted by molar-refractivity contribution is 5.73. The van der Waals surface area contributed by atoms with Gasteiger partial charge in [0.05, 0.1) is 30.0 Å². The predicted molar refractivity (Wildman–Crippen MR) is 116 cm³/mol. The Hall–Kier alpha value is -2.64. The number of halogens is 1. The van der Waals surface area contributed by atoms with Crippen LogP contribution in [-0.2, 0) is 4.79 Å². The van der Waals surface area contributed by atoms with Gasteiger partial charge in [-0.1, -0.05) is 39.8 Å². The van der Waals surface area contributed by atoms with E-state index >= 15 is 0 Å². The van der Waals surface area contributed by atoms with E-state index in [9.17, 15) is 19.4 Å². The van der Waals surface area contributed by atoms with Gasteiger partial charge in [0.1, 0.15) is 11.6 Å². The zero-order valence-electron chi connectivity index (χ0n) is 18.1. The molecule has 30 heavy (non-hydrogen) atoms. The minimum Gasteiger partial charge on any atom is -0.481 e. The Kier molecular flexibility index (Phi) is 10.3. The first-order valence-electron chi connectivity index (χ1n) is 10.1. The van der Waals surface area contributed by atoms with Crippen molar-refractivity contribution in [3.8, 4) is 11.3 Å². The van der Waals surface area contributed by atoms with Gasteiger partial charge in [-0.15, -0.1) is 0 Å². The maximum Gasteiger partial charge on any atom is 0.305 e. The molecule has 1 heterocycles. The van der Waals surface area contributed by atoms with Gasteiger partial charge >= 0.3 is 5.97 Å². The molecule has 0 saturated carbocycles. The highest BCUT2D eigenvalue weighted by Gasteiger charge is 2.17. The normalized spacial score (nSPS) is 13.1. The number of carbonyl (C=O) groups is 1. The highest BCUT2D eigenvalue weighted by atomic mass is 19.1. The lowest BCUT2D eigenvalue weighted by Crippen LogP contribution is -2.19. The van der Waals surface area contributed by atoms with E-state index in [4.69, 9.17) is 5.11 Å². The van der Waals surface area contributed by atoms with Gasteiger partial charge in [0.2, 0.25) is 0 Å². The summed E-state index contributed by atoms with van der Waals surface area (Å²) < 4.78 is 13.3. The van der Waals surface area contributed by atoms with Gasteiger partial charge in [0.15, 0.2) is 0 Å². The van der Waals surface area contributed by atoms with E-state index < -0.39 is 24.6 Å². The lowest BCUT2D eigenvalue weighted by atomic mass is 9.97. The number of aliphatic hydroxyl groups excluding tert-OH is 2. The monoisotopic (exact) mass is 418 g/mol. The molecular formula is C23H31FN2O4. The molecule has 1 aromatic heterocycles. The van der Waals surface area contributed by atoms with Crippen LogP contribution in [0.4, 0.5) is 4.39 Å². The molecule has 0 aliphatic carbocycles. The summed E-state index contributed by atoms with van der Waals surface area (Å²) in [4.78, 5) is 19.7. The van der Waals surface area contributed by atoms with Crippen molar-refractivity contribution < 1.29 is 24.5 Å². The molecule has 0 spiro atoms. The molecule has 0 aliphatic rings. The summed E-state index contributed by atoms with van der Waals surface area (Å²) in [5.74, 6) is -0.817. The van der Waals surface area contributed by atoms with Crippen LogP contribution < -0.4 is 0 Å². The van der Waals surface area contributed by atoms with Crippen LogP contribution in [0.5, 0.6) is 0 Å². The Morgan fingerprint density at radius 3 is 2.27 bits per heavy atom. The summed E-state index contributed by atoms with van der Waals surface area (Å²) in [6.07, 6.45) is 0.447. The number of carboxylic acids is 1. The Morgan fingerprint density at radius 1 is 1.13 bits per heavy atom. The molecule has 0 saturated heterocycles. The maximum absolute atomic E-state index is 13.3. The van der Waals surface area contributed by atoms with Crippen molar-refractivity contribution in [1.29, 1.82) is 0 Å². The largest absolute Gasteiger partial charge is 0.481 e. The summed E-state index contributed by atoms with van der Waals surface area (Å²) >= 11 is 0. The van der Waals surface area contributed by atoms with Crippen molar-refractivity contribution in [3.63, 3.8) is 0 Å². The molecule has 0 bridgehead atoms. The minimum atomic E-state index is -1.15. The molecule has 0 aliphatic heterocycles. The van der Waals surface area contributed by atoms with Crippen molar-refractivity contribution >= 4 is 12.0 Å². The quantitative estimate of drug-likeness (QED) is 0.589. The zero-order chi connectivity index (χ0) is 22.8. The molecule has 164 valence electrons. The zero-order valence-corrected chi connectivity index (χ0v) is 18.1. The Labute approximate surface area is 177 Å². The summed E-state index contributed by atoms with van der Waals surface area (Å²) in [5, 5.41) is 28.5. The molecule has 3 N–H and O–H groups in total. The van der Waals surface area contributed by atoms with E-state index in [0.29, 0.717) is 22.6 Å². The average molecular weight is 419 g/mol. The first-order chi connectivity index (χ1) is 14.2. The lowest BCUT2D eigenvalue weighted by molar-refractivity contribution is -0.139. The first-order valence-corrected chi connectivity index (χ1v) is 10.1. The molecule has 6 nitrogen and oxygen atoms in total. The number of aromatic nitrogens is 2. The van der Waals surface area contributed by atoms with Gasteiger partial charge in [-0.05, 0) is 37.1 Å². The van der Waals surface area contributed by atoms with E-state index in [1.165, 1.54) is 18.2 Å². The van der Waals surface area contributed by atoms with Crippen LogP contribution in [0.25, 0.3) is 17.3 Å². The SMILES string of the molecule is CC.Cc1nc(-c2ccc(F)cc2)c(/C=C/C(O)CC(O)CC(=O)O)c(C(C)C)n1. The number of hydrogen-bond acceptors (Lipinski definition) is 5. The fourth-order valence-electron chi connectivity index (χ4n) is 2.88. The van der Waals surface area contributed by atoms with Crippen molar-refractivity contribution in [2.75, 3.05) is 0 Å². The standard InChI is InChI=1S/C21H25FN2O4.C2H6/c1-12(2)20-18(9-8-16(25)10-17(26)11-19(27)28)21(24-13(3)23-20)14-4-6-15(22)7-5-14;1-2/h4-9,12,16-17,25-26H,10-11H2,1-3H3,(H,27,28);1-2H3/b9-8+;. The molecule has 2 rings (SSSR count). The van der Waals surface area contributed by atoms with E-state index in [0.717, 1.165) is 5.69 Å². The number of benzene rings is 1. The van der Waals surface area contributed by atoms with Crippen molar-refractivity contribution in [2.45, 2.75) is 65.6 Å². The second-order valence-corrected chi connectivity index (χ2v) is 6.99. The third-order valence-corrected chi connectivity index (χ3v) is 4.16. The third kappa shape index (κ3) is 7.65. The Balaban J connectivity index is 0.00000218. The summed E-state index contributed by atoms with van der Waals surface area (Å²) in [7, 11) is 0. The molecule has 0 amide bonds. The smallest absolute Gasteiger partial charge is 0.305 e. The summed E-state index contributed by atoms with van der Waals surface area (Å²) in [6.45, 7) is 9.75. The van der Waals surface area contributed by atoms with E-state index in [-0.39, 0.29) is 18.2 Å². The van der Waals surface area contributed by atoms with Crippen LogP contribution in [0.2, 0.25) is 0 Å². The molecule has 2 aromatic rings. The Bertz CT molecular complexity index is 851. The van der Waals surface area contributed by atoms with Crippen LogP contribution in [0.15, 0.2) is 30.3 Å². The number of carboxylic acid groups (broad SMARTS) is 1. The molecule has 2 unspecified atom stereocenters. The predicted octanol–water partition coefficient (Wildman–Crippen LogP) is 4.34. The average Bonchev–Trinajstić information content (AvgIpc) is 2.67. The van der Waals surface area contributed by atoms with Gasteiger partial charge < -0.3 is 15.3 Å². The van der Waals surface area contributed by atoms with Gasteiger partial charge in [-0.25, -0.2) is 14.4 Å². The topological polar surface area (TPSA) is 104 Å². The molecule has 0 fully saturated rings. The van der Waals surface area contributed by atoms with E-state index in [1.54, 1.807) is 25.1 Å². The highest BCUT2D eigenvalue weighted by Crippen LogP contribution is 2.29. The molecular weight excluding hydrogens is 387 g/mol. The van der Waals surface area contributed by atoms with Crippen LogP contribution in [0, 0.1) is 12.7 Å². The van der Waals surface area contributed by atoms with E-state index in [1.807, 2.05) is 27.7 Å². The number of nitrogens with zero attached hydrogens (tertiary/aromatic N) is 2. The number of rotatable bonds is 8. The molecule has 0 radical (unpaired) electrons. The van der Waals surface area contributed by atoms with Crippen LogP contribution in [0.1, 0.15) is 63.5 Å². The van der Waals surface area contributed by atoms with Crippen molar-refractivity contribution in [3.05, 3.63) is 53.2 Å². The minimum absolute atomic E-state index is 0.0790. The first kappa shape index (κ1) is 25.4. The summed E-state index contributed by atoms with van der Waals surface area (Å²) in [5.41, 5.74) is 2.81. The number of aliphatic hydroxyl groups is 2. The van der Waals surface area contributed by atoms with Crippen LogP contribution in [-0.4, -0.2) is 43.5 Å². The number of aryl methyl sites for hydroxylation is 1. The Morgan fingerprint density at radius 2 is 1.73 bits per heavy atom. The van der Waals surface area contributed by atoms with Gasteiger partial charge in [0.25, 0.3) is 0 Å². The van der Waals surface area contributed by atoms with Gasteiger partial charge in [0, 0.05) is 17.5 Å². The van der Waals surface area contributed by atoms with Crippen molar-refractivity contribution in [2.24, 2.45) is 0 Å². The fraction of sp³-hybridized carbons (Fsp3) is 0.435.